The molecule has 0 spiro atoms. The Morgan fingerprint density at radius 3 is 2.56 bits per heavy atom. The van der Waals surface area contributed by atoms with Crippen molar-refractivity contribution >= 4 is 23.1 Å². The first kappa shape index (κ1) is 11.4. The van der Waals surface area contributed by atoms with Crippen LogP contribution in [0.5, 0.6) is 0 Å². The van der Waals surface area contributed by atoms with Crippen LogP contribution in [0.4, 0.5) is 10.1 Å². The predicted octanol–water partition coefficient (Wildman–Crippen LogP) is 2.96. The van der Waals surface area contributed by atoms with Crippen molar-refractivity contribution in [2.24, 2.45) is 0 Å². The van der Waals surface area contributed by atoms with Gasteiger partial charge < -0.3 is 4.90 Å². The molecule has 1 aromatic rings. The number of anilines is 1. The fourth-order valence-corrected chi connectivity index (χ4v) is 2.03. The Kier molecular flexibility index (Phi) is 3.15. The smallest absolute Gasteiger partial charge is 0.147 e. The summed E-state index contributed by atoms with van der Waals surface area (Å²) < 4.78 is 13.7. The number of nitrogens with zero attached hydrogens (tertiary/aromatic N) is 1. The van der Waals surface area contributed by atoms with Crippen molar-refractivity contribution in [3.05, 3.63) is 28.5 Å². The maximum absolute atomic E-state index is 13.7. The average Bonchev–Trinajstić information content (AvgIpc) is 2.25. The highest BCUT2D eigenvalue weighted by molar-refractivity contribution is 6.31. The van der Waals surface area contributed by atoms with Crippen LogP contribution in [-0.4, -0.2) is 18.9 Å². The number of piperidine rings is 1. The van der Waals surface area contributed by atoms with E-state index in [2.05, 4.69) is 0 Å². The monoisotopic (exact) mass is 241 g/mol. The van der Waals surface area contributed by atoms with Gasteiger partial charge in [-0.15, -0.1) is 0 Å². The van der Waals surface area contributed by atoms with E-state index in [-0.39, 0.29) is 11.6 Å². The number of benzene rings is 1. The van der Waals surface area contributed by atoms with Gasteiger partial charge in [0.15, 0.2) is 0 Å². The molecular formula is C12H13ClFNO. The molecule has 1 heterocycles. The minimum absolute atomic E-state index is 0.252. The molecule has 1 fully saturated rings. The Morgan fingerprint density at radius 2 is 1.94 bits per heavy atom. The van der Waals surface area contributed by atoms with E-state index in [1.165, 1.54) is 6.07 Å². The number of Topliss-reactive ketones (excluding diaryl/α,β-unsaturated/α-hetero) is 1. The van der Waals surface area contributed by atoms with Gasteiger partial charge in [-0.1, -0.05) is 11.6 Å². The third-order valence-corrected chi connectivity index (χ3v) is 3.30. The molecule has 1 saturated heterocycles. The van der Waals surface area contributed by atoms with Gasteiger partial charge in [0.05, 0.1) is 5.69 Å². The SMILES string of the molecule is Cc1cc(N2CCC(=O)CC2)c(F)cc1Cl. The van der Waals surface area contributed by atoms with E-state index in [9.17, 15) is 9.18 Å². The lowest BCUT2D eigenvalue weighted by atomic mass is 10.1. The average molecular weight is 242 g/mol. The third-order valence-electron chi connectivity index (χ3n) is 2.89. The molecule has 2 nitrogen and oxygen atoms in total. The highest BCUT2D eigenvalue weighted by atomic mass is 35.5. The van der Waals surface area contributed by atoms with Crippen molar-refractivity contribution in [2.45, 2.75) is 19.8 Å². The van der Waals surface area contributed by atoms with Gasteiger partial charge in [0.1, 0.15) is 11.6 Å². The normalized spacial score (nSPS) is 16.7. The predicted molar refractivity (Wildman–Crippen MR) is 62.6 cm³/mol. The number of rotatable bonds is 1. The molecule has 0 aliphatic carbocycles. The van der Waals surface area contributed by atoms with Gasteiger partial charge in [-0.05, 0) is 24.6 Å². The molecule has 1 aliphatic rings. The first-order valence-corrected chi connectivity index (χ1v) is 5.68. The molecule has 0 bridgehead atoms. The first-order chi connectivity index (χ1) is 7.58. The van der Waals surface area contributed by atoms with Crippen LogP contribution >= 0.6 is 11.6 Å². The summed E-state index contributed by atoms with van der Waals surface area (Å²) >= 11 is 5.84. The van der Waals surface area contributed by atoms with E-state index in [1.807, 2.05) is 11.8 Å². The second-order valence-electron chi connectivity index (χ2n) is 4.08. The zero-order valence-corrected chi connectivity index (χ0v) is 9.85. The standard InChI is InChI=1S/C12H13ClFNO/c1-8-6-12(11(14)7-10(8)13)15-4-2-9(16)3-5-15/h6-7H,2-5H2,1H3. The van der Waals surface area contributed by atoms with E-state index in [0.29, 0.717) is 36.6 Å². The van der Waals surface area contributed by atoms with E-state index >= 15 is 0 Å². The van der Waals surface area contributed by atoms with E-state index in [1.54, 1.807) is 6.07 Å². The number of carbonyl (C=O) groups is 1. The van der Waals surface area contributed by atoms with Crippen LogP contribution in [0.15, 0.2) is 12.1 Å². The minimum atomic E-state index is -0.315. The first-order valence-electron chi connectivity index (χ1n) is 5.30. The van der Waals surface area contributed by atoms with Crippen molar-refractivity contribution in [3.63, 3.8) is 0 Å². The summed E-state index contributed by atoms with van der Waals surface area (Å²) in [5.41, 5.74) is 1.41. The van der Waals surface area contributed by atoms with Crippen molar-refractivity contribution in [1.82, 2.24) is 0 Å². The summed E-state index contributed by atoms with van der Waals surface area (Å²) in [5.74, 6) is -0.0627. The molecule has 16 heavy (non-hydrogen) atoms. The van der Waals surface area contributed by atoms with Gasteiger partial charge in [0.2, 0.25) is 0 Å². The Bertz CT molecular complexity index is 423. The molecule has 0 N–H and O–H groups in total. The number of hydrogen-bond donors (Lipinski definition) is 0. The van der Waals surface area contributed by atoms with Crippen molar-refractivity contribution < 1.29 is 9.18 Å². The van der Waals surface area contributed by atoms with E-state index in [4.69, 9.17) is 11.6 Å². The van der Waals surface area contributed by atoms with Gasteiger partial charge in [0, 0.05) is 31.0 Å². The lowest BCUT2D eigenvalue weighted by Gasteiger charge is -2.28. The molecule has 1 aliphatic heterocycles. The van der Waals surface area contributed by atoms with Crippen LogP contribution in [0.25, 0.3) is 0 Å². The van der Waals surface area contributed by atoms with Gasteiger partial charge in [0.25, 0.3) is 0 Å². The van der Waals surface area contributed by atoms with Crippen molar-refractivity contribution in [1.29, 1.82) is 0 Å². The van der Waals surface area contributed by atoms with Gasteiger partial charge >= 0.3 is 0 Å². The Morgan fingerprint density at radius 1 is 1.31 bits per heavy atom. The maximum atomic E-state index is 13.7. The highest BCUT2D eigenvalue weighted by Gasteiger charge is 2.19. The lowest BCUT2D eigenvalue weighted by molar-refractivity contribution is -0.119. The molecule has 0 aromatic heterocycles. The summed E-state index contributed by atoms with van der Waals surface area (Å²) in [6, 6.07) is 3.08. The van der Waals surface area contributed by atoms with Crippen molar-refractivity contribution in [2.75, 3.05) is 18.0 Å². The molecule has 1 aromatic carbocycles. The highest BCUT2D eigenvalue weighted by Crippen LogP contribution is 2.27. The van der Waals surface area contributed by atoms with Crippen LogP contribution in [0.1, 0.15) is 18.4 Å². The second-order valence-corrected chi connectivity index (χ2v) is 4.49. The summed E-state index contributed by atoms with van der Waals surface area (Å²) in [4.78, 5) is 13.0. The fraction of sp³-hybridized carbons (Fsp3) is 0.417. The van der Waals surface area contributed by atoms with E-state index < -0.39 is 0 Å². The van der Waals surface area contributed by atoms with Crippen molar-refractivity contribution in [3.8, 4) is 0 Å². The van der Waals surface area contributed by atoms with Gasteiger partial charge in [-0.25, -0.2) is 4.39 Å². The number of ketones is 1. The molecule has 0 radical (unpaired) electrons. The van der Waals surface area contributed by atoms with Gasteiger partial charge in [-0.3, -0.25) is 4.79 Å². The second kappa shape index (κ2) is 4.42. The van der Waals surface area contributed by atoms with Crippen LogP contribution in [-0.2, 0) is 4.79 Å². The molecule has 0 saturated carbocycles. The summed E-state index contributed by atoms with van der Waals surface area (Å²) in [6.07, 6.45) is 1.00. The number of carbonyl (C=O) groups excluding carboxylic acids is 1. The third kappa shape index (κ3) is 2.19. The number of hydrogen-bond acceptors (Lipinski definition) is 2. The Balaban J connectivity index is 2.26. The molecule has 2 rings (SSSR count). The van der Waals surface area contributed by atoms with Crippen LogP contribution in [0.3, 0.4) is 0 Å². The molecular weight excluding hydrogens is 229 g/mol. The summed E-state index contributed by atoms with van der Waals surface area (Å²) in [6.45, 7) is 3.04. The fourth-order valence-electron chi connectivity index (χ4n) is 1.88. The lowest BCUT2D eigenvalue weighted by Crippen LogP contribution is -2.34. The van der Waals surface area contributed by atoms with Gasteiger partial charge in [-0.2, -0.15) is 0 Å². The van der Waals surface area contributed by atoms with E-state index in [0.717, 1.165) is 5.56 Å². The number of aryl methyl sites for hydroxylation is 1. The number of halogens is 2. The van der Waals surface area contributed by atoms with Crippen LogP contribution in [0.2, 0.25) is 5.02 Å². The molecule has 86 valence electrons. The topological polar surface area (TPSA) is 20.3 Å². The summed E-state index contributed by atoms with van der Waals surface area (Å²) in [7, 11) is 0. The maximum Gasteiger partial charge on any atom is 0.147 e. The molecule has 4 heteroatoms. The minimum Gasteiger partial charge on any atom is -0.368 e. The molecule has 0 unspecified atom stereocenters. The largest absolute Gasteiger partial charge is 0.368 e. The summed E-state index contributed by atoms with van der Waals surface area (Å²) in [5, 5.41) is 0.439. The van der Waals surface area contributed by atoms with Crippen LogP contribution in [0, 0.1) is 12.7 Å². The molecule has 0 atom stereocenters. The Hall–Kier alpha value is -1.09. The zero-order chi connectivity index (χ0) is 11.7. The van der Waals surface area contributed by atoms with Crippen LogP contribution < -0.4 is 4.90 Å². The Labute approximate surface area is 99.0 Å². The molecule has 0 amide bonds. The quantitative estimate of drug-likeness (QED) is 0.754. The zero-order valence-electron chi connectivity index (χ0n) is 9.09.